The fourth-order valence-electron chi connectivity index (χ4n) is 2.92. The number of aromatic nitrogens is 1. The molecule has 1 heterocycles. The lowest BCUT2D eigenvalue weighted by molar-refractivity contribution is 0.253. The van der Waals surface area contributed by atoms with Crippen molar-refractivity contribution in [1.29, 1.82) is 0 Å². The number of urea groups is 1. The number of amides is 2. The van der Waals surface area contributed by atoms with Crippen molar-refractivity contribution in [3.8, 4) is 0 Å². The molecule has 0 saturated heterocycles. The molecule has 4 heteroatoms. The van der Waals surface area contributed by atoms with Crippen molar-refractivity contribution >= 4 is 11.7 Å². The fourth-order valence-corrected chi connectivity index (χ4v) is 2.92. The maximum Gasteiger partial charge on any atom is 0.319 e. The van der Waals surface area contributed by atoms with Gasteiger partial charge in [-0.1, -0.05) is 46.6 Å². The van der Waals surface area contributed by atoms with Crippen LogP contribution in [0.1, 0.15) is 73.1 Å². The molecule has 1 rings (SSSR count). The number of hydrogen-bond acceptors (Lipinski definition) is 2. The van der Waals surface area contributed by atoms with Gasteiger partial charge in [0.1, 0.15) is 0 Å². The van der Waals surface area contributed by atoms with E-state index in [2.05, 4.69) is 74.5 Å². The molecule has 0 radical (unpaired) electrons. The smallest absolute Gasteiger partial charge is 0.319 e. The van der Waals surface area contributed by atoms with Crippen LogP contribution in [0, 0.1) is 0 Å². The Morgan fingerprint density at radius 1 is 0.800 bits per heavy atom. The van der Waals surface area contributed by atoms with E-state index in [1.54, 1.807) is 24.5 Å². The average molecular weight is 410 g/mol. The minimum atomic E-state index is -0.204. The molecular weight excluding hydrogens is 370 g/mol. The van der Waals surface area contributed by atoms with Crippen LogP contribution < -0.4 is 10.6 Å². The monoisotopic (exact) mass is 409 g/mol. The van der Waals surface area contributed by atoms with Crippen molar-refractivity contribution in [3.05, 3.63) is 71.1 Å². The second-order valence-corrected chi connectivity index (χ2v) is 8.12. The van der Waals surface area contributed by atoms with Crippen LogP contribution >= 0.6 is 0 Å². The third-order valence-corrected chi connectivity index (χ3v) is 4.81. The third kappa shape index (κ3) is 13.5. The Morgan fingerprint density at radius 2 is 1.30 bits per heavy atom. The summed E-state index contributed by atoms with van der Waals surface area (Å²) >= 11 is 0. The number of carbonyl (C=O) groups excluding carboxylic acids is 1. The van der Waals surface area contributed by atoms with Gasteiger partial charge in [-0.2, -0.15) is 0 Å². The zero-order valence-corrected chi connectivity index (χ0v) is 19.4. The maximum atomic E-state index is 11.8. The number of carbonyl (C=O) groups is 1. The van der Waals surface area contributed by atoms with Crippen molar-refractivity contribution < 1.29 is 4.79 Å². The molecule has 0 aliphatic rings. The average Bonchev–Trinajstić information content (AvgIpc) is 2.68. The molecule has 30 heavy (non-hydrogen) atoms. The summed E-state index contributed by atoms with van der Waals surface area (Å²) in [5, 5.41) is 5.63. The number of hydrogen-bond donors (Lipinski definition) is 2. The van der Waals surface area contributed by atoms with Crippen LogP contribution in [0.15, 0.2) is 71.1 Å². The van der Waals surface area contributed by atoms with Crippen molar-refractivity contribution in [2.24, 2.45) is 0 Å². The van der Waals surface area contributed by atoms with Crippen LogP contribution in [0.2, 0.25) is 0 Å². The van der Waals surface area contributed by atoms with Crippen LogP contribution in [0.3, 0.4) is 0 Å². The third-order valence-electron chi connectivity index (χ3n) is 4.81. The summed E-state index contributed by atoms with van der Waals surface area (Å²) < 4.78 is 0. The first kappa shape index (κ1) is 25.4. The zero-order valence-electron chi connectivity index (χ0n) is 19.4. The minimum Gasteiger partial charge on any atom is -0.334 e. The summed E-state index contributed by atoms with van der Waals surface area (Å²) in [6.07, 6.45) is 19.0. The first-order valence-corrected chi connectivity index (χ1v) is 10.9. The first-order valence-electron chi connectivity index (χ1n) is 10.9. The van der Waals surface area contributed by atoms with Crippen LogP contribution in [0.5, 0.6) is 0 Å². The van der Waals surface area contributed by atoms with Gasteiger partial charge in [-0.15, -0.1) is 0 Å². The largest absolute Gasteiger partial charge is 0.334 e. The summed E-state index contributed by atoms with van der Waals surface area (Å²) in [6.45, 7) is 11.4. The lowest BCUT2D eigenvalue weighted by atomic mass is 10.0. The Balaban J connectivity index is 2.21. The van der Waals surface area contributed by atoms with Gasteiger partial charge in [0.05, 0.1) is 0 Å². The standard InChI is InChI=1S/C26H39N3O/c1-21(2)9-6-10-22(3)11-7-12-23(4)13-8-14-24(5)15-20-28-26(30)29-25-16-18-27-19-17-25/h9,11,13,15-19H,6-8,10,12,14,20H2,1-5H3,(H2,27,28,29,30)/b22-11+,23-13+,24-15+. The van der Waals surface area contributed by atoms with Crippen LogP contribution in [-0.2, 0) is 0 Å². The second-order valence-electron chi connectivity index (χ2n) is 8.12. The molecule has 0 bridgehead atoms. The maximum absolute atomic E-state index is 11.8. The van der Waals surface area contributed by atoms with E-state index in [4.69, 9.17) is 0 Å². The van der Waals surface area contributed by atoms with E-state index in [9.17, 15) is 4.79 Å². The number of anilines is 1. The Morgan fingerprint density at radius 3 is 1.83 bits per heavy atom. The highest BCUT2D eigenvalue weighted by molar-refractivity contribution is 5.89. The zero-order chi connectivity index (χ0) is 22.2. The summed E-state index contributed by atoms with van der Waals surface area (Å²) in [7, 11) is 0. The summed E-state index contributed by atoms with van der Waals surface area (Å²) in [5.74, 6) is 0. The number of pyridine rings is 1. The molecule has 2 amide bonds. The van der Waals surface area contributed by atoms with Crippen molar-refractivity contribution in [2.75, 3.05) is 11.9 Å². The Kier molecular flexibility index (Phi) is 12.9. The van der Waals surface area contributed by atoms with E-state index in [1.165, 1.54) is 22.3 Å². The molecule has 0 fully saturated rings. The lowest BCUT2D eigenvalue weighted by Crippen LogP contribution is -2.28. The highest BCUT2D eigenvalue weighted by Gasteiger charge is 1.99. The van der Waals surface area contributed by atoms with Crippen molar-refractivity contribution in [1.82, 2.24) is 10.3 Å². The van der Waals surface area contributed by atoms with E-state index in [0.717, 1.165) is 44.2 Å². The SMILES string of the molecule is CC(C)=CCC/C(C)=C/CC/C(C)=C/CC/C(C)=C/CNC(=O)Nc1ccncc1. The van der Waals surface area contributed by atoms with E-state index in [-0.39, 0.29) is 6.03 Å². The molecule has 1 aromatic rings. The van der Waals surface area contributed by atoms with E-state index < -0.39 is 0 Å². The molecule has 0 aliphatic heterocycles. The van der Waals surface area contributed by atoms with Crippen LogP contribution in [0.4, 0.5) is 10.5 Å². The van der Waals surface area contributed by atoms with Gasteiger partial charge < -0.3 is 10.6 Å². The number of nitrogens with one attached hydrogen (secondary N) is 2. The van der Waals surface area contributed by atoms with Gasteiger partial charge in [0, 0.05) is 24.6 Å². The van der Waals surface area contributed by atoms with E-state index >= 15 is 0 Å². The molecule has 0 saturated carbocycles. The number of nitrogens with zero attached hydrogens (tertiary/aromatic N) is 1. The highest BCUT2D eigenvalue weighted by atomic mass is 16.2. The normalized spacial score (nSPS) is 12.5. The molecule has 2 N–H and O–H groups in total. The molecule has 0 aromatic carbocycles. The van der Waals surface area contributed by atoms with Gasteiger partial charge in [-0.3, -0.25) is 4.98 Å². The molecule has 1 aromatic heterocycles. The molecule has 0 unspecified atom stereocenters. The lowest BCUT2D eigenvalue weighted by Gasteiger charge is -2.06. The number of allylic oxidation sites excluding steroid dienone is 7. The summed E-state index contributed by atoms with van der Waals surface area (Å²) in [6, 6.07) is 3.32. The molecule has 0 spiro atoms. The molecule has 4 nitrogen and oxygen atoms in total. The molecular formula is C26H39N3O. The van der Waals surface area contributed by atoms with Crippen LogP contribution in [-0.4, -0.2) is 17.6 Å². The first-order chi connectivity index (χ1) is 14.4. The number of rotatable bonds is 12. The van der Waals surface area contributed by atoms with Gasteiger partial charge in [0.2, 0.25) is 0 Å². The highest BCUT2D eigenvalue weighted by Crippen LogP contribution is 2.13. The van der Waals surface area contributed by atoms with Crippen molar-refractivity contribution in [3.63, 3.8) is 0 Å². The van der Waals surface area contributed by atoms with Gasteiger partial charge >= 0.3 is 6.03 Å². The van der Waals surface area contributed by atoms with Gasteiger partial charge in [0.15, 0.2) is 0 Å². The molecule has 164 valence electrons. The minimum absolute atomic E-state index is 0.204. The molecule has 0 atom stereocenters. The van der Waals surface area contributed by atoms with Crippen molar-refractivity contribution in [2.45, 2.75) is 73.1 Å². The van der Waals surface area contributed by atoms with E-state index in [0.29, 0.717) is 6.54 Å². The second kappa shape index (κ2) is 15.3. The topological polar surface area (TPSA) is 54.0 Å². The molecule has 0 aliphatic carbocycles. The van der Waals surface area contributed by atoms with Crippen LogP contribution in [0.25, 0.3) is 0 Å². The van der Waals surface area contributed by atoms with E-state index in [1.807, 2.05) is 0 Å². The summed E-state index contributed by atoms with van der Waals surface area (Å²) in [4.78, 5) is 15.8. The quantitative estimate of drug-likeness (QED) is 0.355. The van der Waals surface area contributed by atoms with Gasteiger partial charge in [-0.25, -0.2) is 4.79 Å². The fraction of sp³-hybridized carbons (Fsp3) is 0.462. The Bertz CT molecular complexity index is 754. The van der Waals surface area contributed by atoms with Gasteiger partial charge in [-0.05, 0) is 85.3 Å². The predicted molar refractivity (Wildman–Crippen MR) is 130 cm³/mol. The van der Waals surface area contributed by atoms with Gasteiger partial charge in [0.25, 0.3) is 0 Å². The Labute approximate surface area is 183 Å². The Hall–Kier alpha value is -2.62. The summed E-state index contributed by atoms with van der Waals surface area (Å²) in [5.41, 5.74) is 6.36. The predicted octanol–water partition coefficient (Wildman–Crippen LogP) is 7.35.